The van der Waals surface area contributed by atoms with E-state index < -0.39 is 18.1 Å². The summed E-state index contributed by atoms with van der Waals surface area (Å²) in [6.45, 7) is 1.67. The van der Waals surface area contributed by atoms with Gasteiger partial charge in [-0.2, -0.15) is 8.78 Å². The van der Waals surface area contributed by atoms with E-state index in [1.165, 1.54) is 17.4 Å². The molecule has 0 unspecified atom stereocenters. The van der Waals surface area contributed by atoms with Gasteiger partial charge in [-0.15, -0.1) is 16.4 Å². The minimum atomic E-state index is -3.03. The Balaban J connectivity index is 1.69. The second-order valence-corrected chi connectivity index (χ2v) is 8.62. The van der Waals surface area contributed by atoms with Crippen molar-refractivity contribution in [2.24, 2.45) is 0 Å². The lowest BCUT2D eigenvalue weighted by Crippen LogP contribution is -2.51. The molecule has 26 heavy (non-hydrogen) atoms. The summed E-state index contributed by atoms with van der Waals surface area (Å²) in [7, 11) is 0. The van der Waals surface area contributed by atoms with Gasteiger partial charge in [0.1, 0.15) is 12.2 Å². The zero-order valence-electron chi connectivity index (χ0n) is 14.1. The van der Waals surface area contributed by atoms with Crippen LogP contribution in [0.5, 0.6) is 0 Å². The maximum Gasteiger partial charge on any atom is 0.297 e. The first kappa shape index (κ1) is 18.2. The molecule has 4 heterocycles. The lowest BCUT2D eigenvalue weighted by molar-refractivity contribution is -0.183. The fourth-order valence-corrected chi connectivity index (χ4v) is 5.33. The molecule has 2 aromatic rings. The Labute approximate surface area is 158 Å². The van der Waals surface area contributed by atoms with E-state index >= 15 is 0 Å². The van der Waals surface area contributed by atoms with E-state index in [1.54, 1.807) is 10.9 Å². The standard InChI is InChI=1S/C16H19ClF2N4O2S/c1-9-5-15(6-11(20-9)12-7-23(2-3-24)22-21-12)14-10(4-13(17)26-14)16(18,19)8-25-15/h4,7,9,11,20,24H,2-3,5-6,8H2,1H3/t9-,11-,15-/m0/s1. The molecule has 1 spiro atoms. The third-order valence-corrected chi connectivity index (χ3v) is 6.39. The number of aliphatic hydroxyl groups is 1. The first-order valence-electron chi connectivity index (χ1n) is 8.42. The average Bonchev–Trinajstić information content (AvgIpc) is 3.20. The SMILES string of the molecule is C[C@H]1C[C@@]2(C[C@@H](c3cn(CCO)nn3)N1)OCC(F)(F)c1cc(Cl)sc12. The molecule has 10 heteroatoms. The highest BCUT2D eigenvalue weighted by molar-refractivity contribution is 7.16. The highest BCUT2D eigenvalue weighted by atomic mass is 35.5. The van der Waals surface area contributed by atoms with Gasteiger partial charge in [0.25, 0.3) is 5.92 Å². The molecule has 0 aromatic carbocycles. The topological polar surface area (TPSA) is 72.2 Å². The summed E-state index contributed by atoms with van der Waals surface area (Å²) >= 11 is 7.24. The van der Waals surface area contributed by atoms with E-state index in [9.17, 15) is 8.78 Å². The van der Waals surface area contributed by atoms with Crippen molar-refractivity contribution in [3.8, 4) is 0 Å². The smallest absolute Gasteiger partial charge is 0.297 e. The molecular weight excluding hydrogens is 386 g/mol. The van der Waals surface area contributed by atoms with Crippen molar-refractivity contribution in [2.45, 2.75) is 49.9 Å². The molecule has 0 bridgehead atoms. The van der Waals surface area contributed by atoms with Crippen LogP contribution in [0.15, 0.2) is 12.3 Å². The van der Waals surface area contributed by atoms with Crippen molar-refractivity contribution in [3.63, 3.8) is 0 Å². The van der Waals surface area contributed by atoms with Crippen molar-refractivity contribution in [3.05, 3.63) is 32.7 Å². The van der Waals surface area contributed by atoms with E-state index in [-0.39, 0.29) is 24.3 Å². The minimum absolute atomic E-state index is 0.0180. The molecule has 0 saturated carbocycles. The monoisotopic (exact) mass is 404 g/mol. The summed E-state index contributed by atoms with van der Waals surface area (Å²) in [5.74, 6) is -3.03. The number of rotatable bonds is 3. The number of fused-ring (bicyclic) bond motifs is 2. The van der Waals surface area contributed by atoms with Crippen LogP contribution >= 0.6 is 22.9 Å². The van der Waals surface area contributed by atoms with E-state index in [1.807, 2.05) is 6.92 Å². The maximum atomic E-state index is 14.3. The molecule has 2 aromatic heterocycles. The van der Waals surface area contributed by atoms with Gasteiger partial charge in [-0.3, -0.25) is 0 Å². The molecule has 1 fully saturated rings. The van der Waals surface area contributed by atoms with Gasteiger partial charge in [-0.25, -0.2) is 4.68 Å². The van der Waals surface area contributed by atoms with Gasteiger partial charge in [0.15, 0.2) is 0 Å². The largest absolute Gasteiger partial charge is 0.394 e. The molecule has 6 nitrogen and oxygen atoms in total. The third kappa shape index (κ3) is 3.05. The lowest BCUT2D eigenvalue weighted by Gasteiger charge is -2.47. The van der Waals surface area contributed by atoms with Crippen molar-refractivity contribution >= 4 is 22.9 Å². The molecule has 1 saturated heterocycles. The van der Waals surface area contributed by atoms with Crippen LogP contribution in [0.2, 0.25) is 4.34 Å². The van der Waals surface area contributed by atoms with Crippen molar-refractivity contribution < 1.29 is 18.6 Å². The van der Waals surface area contributed by atoms with Crippen molar-refractivity contribution in [1.29, 1.82) is 0 Å². The highest BCUT2D eigenvalue weighted by Gasteiger charge is 2.53. The van der Waals surface area contributed by atoms with E-state index in [4.69, 9.17) is 21.4 Å². The van der Waals surface area contributed by atoms with Crippen LogP contribution in [0, 0.1) is 0 Å². The highest BCUT2D eigenvalue weighted by Crippen LogP contribution is 2.54. The first-order valence-corrected chi connectivity index (χ1v) is 9.61. The second-order valence-electron chi connectivity index (χ2n) is 6.94. The van der Waals surface area contributed by atoms with Gasteiger partial charge in [0.2, 0.25) is 0 Å². The Morgan fingerprint density at radius 2 is 2.31 bits per heavy atom. The number of nitrogens with zero attached hydrogens (tertiary/aromatic N) is 3. The van der Waals surface area contributed by atoms with Gasteiger partial charge >= 0.3 is 0 Å². The van der Waals surface area contributed by atoms with Crippen LogP contribution in [0.3, 0.4) is 0 Å². The fraction of sp³-hybridized carbons (Fsp3) is 0.625. The zero-order valence-corrected chi connectivity index (χ0v) is 15.7. The Kier molecular flexibility index (Phi) is 4.55. The number of aromatic nitrogens is 3. The minimum Gasteiger partial charge on any atom is -0.394 e. The van der Waals surface area contributed by atoms with Crippen LogP contribution in [-0.2, 0) is 22.8 Å². The van der Waals surface area contributed by atoms with Crippen LogP contribution in [0.25, 0.3) is 0 Å². The Morgan fingerprint density at radius 1 is 1.50 bits per heavy atom. The molecular formula is C16H19ClF2N4O2S. The van der Waals surface area contributed by atoms with E-state index in [0.29, 0.717) is 34.3 Å². The third-order valence-electron chi connectivity index (χ3n) is 4.94. The van der Waals surface area contributed by atoms with Crippen LogP contribution in [0.4, 0.5) is 8.78 Å². The van der Waals surface area contributed by atoms with Crippen LogP contribution in [-0.4, -0.2) is 39.4 Å². The molecule has 2 N–H and O–H groups in total. The van der Waals surface area contributed by atoms with E-state index in [0.717, 1.165) is 0 Å². The molecule has 0 amide bonds. The summed E-state index contributed by atoms with van der Waals surface area (Å²) in [5.41, 5.74) is -0.129. The second kappa shape index (κ2) is 6.49. The summed E-state index contributed by atoms with van der Waals surface area (Å²) in [6, 6.07) is 1.22. The Bertz CT molecular complexity index is 814. The van der Waals surface area contributed by atoms with E-state index in [2.05, 4.69) is 15.6 Å². The number of ether oxygens (including phenoxy) is 1. The van der Waals surface area contributed by atoms with Gasteiger partial charge in [0.05, 0.1) is 35.4 Å². The Morgan fingerprint density at radius 3 is 3.08 bits per heavy atom. The summed E-state index contributed by atoms with van der Waals surface area (Å²) in [5, 5.41) is 20.7. The molecule has 3 atom stereocenters. The zero-order chi connectivity index (χ0) is 18.5. The molecule has 142 valence electrons. The predicted molar refractivity (Wildman–Crippen MR) is 92.5 cm³/mol. The summed E-state index contributed by atoms with van der Waals surface area (Å²) in [4.78, 5) is 0.514. The van der Waals surface area contributed by atoms with Crippen molar-refractivity contribution in [1.82, 2.24) is 20.3 Å². The number of alkyl halides is 2. The normalized spacial score (nSPS) is 30.5. The predicted octanol–water partition coefficient (Wildman–Crippen LogP) is 2.82. The maximum absolute atomic E-state index is 14.3. The Hall–Kier alpha value is -1.13. The van der Waals surface area contributed by atoms with Gasteiger partial charge in [0, 0.05) is 22.9 Å². The quantitative estimate of drug-likeness (QED) is 0.823. The summed E-state index contributed by atoms with van der Waals surface area (Å²) in [6.07, 6.45) is 2.81. The molecule has 0 radical (unpaired) electrons. The number of hydrogen-bond donors (Lipinski definition) is 2. The molecule has 0 aliphatic carbocycles. The van der Waals surface area contributed by atoms with Gasteiger partial charge in [-0.1, -0.05) is 16.8 Å². The van der Waals surface area contributed by atoms with Gasteiger partial charge < -0.3 is 15.2 Å². The number of hydrogen-bond acceptors (Lipinski definition) is 6. The fourth-order valence-electron chi connectivity index (χ4n) is 3.89. The number of aliphatic hydroxyl groups excluding tert-OH is 1. The number of piperidine rings is 1. The molecule has 4 rings (SSSR count). The number of nitrogens with one attached hydrogen (secondary N) is 1. The molecule has 2 aliphatic heterocycles. The van der Waals surface area contributed by atoms with Crippen LogP contribution in [0.1, 0.15) is 41.9 Å². The molecule has 2 aliphatic rings. The average molecular weight is 405 g/mol. The number of thiophene rings is 1. The van der Waals surface area contributed by atoms with Crippen LogP contribution < -0.4 is 5.32 Å². The first-order chi connectivity index (χ1) is 12.3. The van der Waals surface area contributed by atoms with Gasteiger partial charge in [-0.05, 0) is 19.4 Å². The lowest BCUT2D eigenvalue weighted by atomic mass is 9.78. The van der Waals surface area contributed by atoms with Crippen molar-refractivity contribution in [2.75, 3.05) is 13.2 Å². The summed E-state index contributed by atoms with van der Waals surface area (Å²) < 4.78 is 36.3. The number of halogens is 3.